The normalized spacial score (nSPS) is 12.6. The van der Waals surface area contributed by atoms with Gasteiger partial charge >= 0.3 is 6.18 Å². The molecule has 0 unspecified atom stereocenters. The van der Waals surface area contributed by atoms with Crippen molar-refractivity contribution in [1.29, 1.82) is 0 Å². The van der Waals surface area contributed by atoms with Gasteiger partial charge in [0.15, 0.2) is 0 Å². The van der Waals surface area contributed by atoms with Crippen molar-refractivity contribution in [2.45, 2.75) is 16.9 Å². The second-order valence-electron chi connectivity index (χ2n) is 4.07. The largest absolute Gasteiger partial charge is 0.417 e. The average Bonchev–Trinajstić information content (AvgIpc) is 2.91. The van der Waals surface area contributed by atoms with Crippen molar-refractivity contribution in [3.8, 4) is 0 Å². The lowest BCUT2D eigenvalue weighted by Gasteiger charge is -2.11. The van der Waals surface area contributed by atoms with Gasteiger partial charge in [-0.25, -0.2) is 13.1 Å². The number of halogens is 4. The van der Waals surface area contributed by atoms with Gasteiger partial charge in [0, 0.05) is 6.54 Å². The maximum Gasteiger partial charge on any atom is 0.417 e. The predicted molar refractivity (Wildman–Crippen MR) is 74.8 cm³/mol. The Kier molecular flexibility index (Phi) is 4.62. The Bertz CT molecular complexity index is 727. The topological polar surface area (TPSA) is 46.2 Å². The molecule has 2 aromatic rings. The first-order valence-corrected chi connectivity index (χ1v) is 8.33. The Morgan fingerprint density at radius 3 is 2.52 bits per heavy atom. The summed E-state index contributed by atoms with van der Waals surface area (Å²) in [7, 11) is -3.72. The zero-order valence-electron chi connectivity index (χ0n) is 10.3. The first-order chi connectivity index (χ1) is 9.70. The number of hydrogen-bond donors (Lipinski definition) is 1. The van der Waals surface area contributed by atoms with Crippen LogP contribution < -0.4 is 4.72 Å². The van der Waals surface area contributed by atoms with E-state index in [1.807, 2.05) is 0 Å². The maximum absolute atomic E-state index is 12.7. The first kappa shape index (κ1) is 16.3. The molecular formula is C12H9ClF3NO2S2. The molecule has 1 aromatic carbocycles. The summed E-state index contributed by atoms with van der Waals surface area (Å²) in [5.74, 6) is 0. The number of alkyl halides is 3. The highest BCUT2D eigenvalue weighted by Gasteiger charge is 2.33. The van der Waals surface area contributed by atoms with Gasteiger partial charge in [-0.15, -0.1) is 11.3 Å². The molecule has 0 aliphatic rings. The molecule has 0 aliphatic heterocycles. The minimum atomic E-state index is -4.58. The molecule has 0 atom stereocenters. The molecule has 2 rings (SSSR count). The molecule has 1 heterocycles. The first-order valence-electron chi connectivity index (χ1n) is 5.59. The third-order valence-corrected chi connectivity index (χ3v) is 5.69. The molecule has 1 aromatic heterocycles. The van der Waals surface area contributed by atoms with Crippen LogP contribution >= 0.6 is 22.9 Å². The molecule has 0 saturated heterocycles. The van der Waals surface area contributed by atoms with Crippen molar-refractivity contribution in [3.63, 3.8) is 0 Å². The van der Waals surface area contributed by atoms with Gasteiger partial charge in [-0.2, -0.15) is 13.2 Å². The van der Waals surface area contributed by atoms with Gasteiger partial charge in [-0.1, -0.05) is 23.7 Å². The lowest BCUT2D eigenvalue weighted by atomic mass is 10.1. The van der Waals surface area contributed by atoms with Crippen LogP contribution in [0, 0.1) is 0 Å². The molecule has 21 heavy (non-hydrogen) atoms. The van der Waals surface area contributed by atoms with Crippen molar-refractivity contribution in [3.05, 3.63) is 51.9 Å². The zero-order valence-corrected chi connectivity index (χ0v) is 12.7. The summed E-state index contributed by atoms with van der Waals surface area (Å²) < 4.78 is 64.2. The quantitative estimate of drug-likeness (QED) is 0.904. The second-order valence-corrected chi connectivity index (χ2v) is 7.42. The summed E-state index contributed by atoms with van der Waals surface area (Å²) in [6.07, 6.45) is -4.58. The van der Waals surface area contributed by atoms with Crippen LogP contribution in [0.5, 0.6) is 0 Å². The van der Waals surface area contributed by atoms with Crippen molar-refractivity contribution in [2.24, 2.45) is 0 Å². The molecule has 3 nitrogen and oxygen atoms in total. The van der Waals surface area contributed by atoms with Gasteiger partial charge in [0.05, 0.1) is 10.6 Å². The molecule has 0 fully saturated rings. The molecule has 114 valence electrons. The number of thiophene rings is 1. The van der Waals surface area contributed by atoms with Crippen LogP contribution in [-0.2, 0) is 22.7 Å². The van der Waals surface area contributed by atoms with Crippen molar-refractivity contribution in [1.82, 2.24) is 4.72 Å². The van der Waals surface area contributed by atoms with Crippen LogP contribution in [0.3, 0.4) is 0 Å². The number of benzene rings is 1. The SMILES string of the molecule is O=S(=O)(NCc1ccc(Cl)c(C(F)(F)F)c1)c1cccs1. The van der Waals surface area contributed by atoms with E-state index in [2.05, 4.69) is 4.72 Å². The second kappa shape index (κ2) is 5.96. The van der Waals surface area contributed by atoms with Crippen molar-refractivity contribution >= 4 is 33.0 Å². The van der Waals surface area contributed by atoms with Gasteiger partial charge in [0.2, 0.25) is 10.0 Å². The van der Waals surface area contributed by atoms with Crippen molar-refractivity contribution < 1.29 is 21.6 Å². The maximum atomic E-state index is 12.7. The molecule has 0 amide bonds. The van der Waals surface area contributed by atoms with E-state index in [4.69, 9.17) is 11.6 Å². The Labute approximate surface area is 128 Å². The summed E-state index contributed by atoms with van der Waals surface area (Å²) in [6.45, 7) is -0.250. The van der Waals surface area contributed by atoms with Crippen LogP contribution in [0.4, 0.5) is 13.2 Å². The van der Waals surface area contributed by atoms with E-state index in [-0.39, 0.29) is 16.3 Å². The van der Waals surface area contributed by atoms with Gasteiger partial charge in [0.25, 0.3) is 0 Å². The Morgan fingerprint density at radius 2 is 1.95 bits per heavy atom. The van der Waals surface area contributed by atoms with E-state index >= 15 is 0 Å². The summed E-state index contributed by atoms with van der Waals surface area (Å²) in [5.41, 5.74) is -0.816. The van der Waals surface area contributed by atoms with E-state index in [1.54, 1.807) is 11.4 Å². The highest BCUT2D eigenvalue weighted by Crippen LogP contribution is 2.35. The third-order valence-electron chi connectivity index (χ3n) is 2.56. The van der Waals surface area contributed by atoms with Gasteiger partial charge in [-0.3, -0.25) is 0 Å². The highest BCUT2D eigenvalue weighted by molar-refractivity contribution is 7.91. The number of nitrogens with one attached hydrogen (secondary N) is 1. The Morgan fingerprint density at radius 1 is 1.24 bits per heavy atom. The molecule has 9 heteroatoms. The van der Waals surface area contributed by atoms with Gasteiger partial charge < -0.3 is 0 Å². The molecule has 0 bridgehead atoms. The smallest absolute Gasteiger partial charge is 0.206 e. The summed E-state index contributed by atoms with van der Waals surface area (Å²) in [5, 5.41) is 1.17. The fraction of sp³-hybridized carbons (Fsp3) is 0.167. The van der Waals surface area contributed by atoms with Crippen LogP contribution in [-0.4, -0.2) is 8.42 Å². The number of hydrogen-bond acceptors (Lipinski definition) is 3. The molecule has 0 radical (unpaired) electrons. The Hall–Kier alpha value is -1.09. The zero-order chi connectivity index (χ0) is 15.7. The van der Waals surface area contributed by atoms with E-state index in [9.17, 15) is 21.6 Å². The highest BCUT2D eigenvalue weighted by atomic mass is 35.5. The summed E-state index contributed by atoms with van der Waals surface area (Å²) in [6, 6.07) is 6.26. The van der Waals surface area contributed by atoms with Crippen LogP contribution in [0.25, 0.3) is 0 Å². The van der Waals surface area contributed by atoms with E-state index in [1.165, 1.54) is 12.1 Å². The average molecular weight is 356 g/mol. The molecule has 0 saturated carbocycles. The molecular weight excluding hydrogens is 347 g/mol. The fourth-order valence-corrected chi connectivity index (χ4v) is 3.85. The lowest BCUT2D eigenvalue weighted by molar-refractivity contribution is -0.137. The minimum absolute atomic E-state index is 0.104. The standard InChI is InChI=1S/C12H9ClF3NO2S2/c13-10-4-3-8(6-9(10)12(14,15)16)7-17-21(18,19)11-2-1-5-20-11/h1-6,17H,7H2. The third kappa shape index (κ3) is 3.97. The molecule has 1 N–H and O–H groups in total. The van der Waals surface area contributed by atoms with Crippen LogP contribution in [0.15, 0.2) is 39.9 Å². The minimum Gasteiger partial charge on any atom is -0.206 e. The summed E-state index contributed by atoms with van der Waals surface area (Å²) >= 11 is 6.52. The number of rotatable bonds is 4. The lowest BCUT2D eigenvalue weighted by Crippen LogP contribution is -2.22. The monoisotopic (exact) mass is 355 g/mol. The summed E-state index contributed by atoms with van der Waals surface area (Å²) in [4.78, 5) is 0. The van der Waals surface area contributed by atoms with Crippen molar-refractivity contribution in [2.75, 3.05) is 0 Å². The van der Waals surface area contributed by atoms with E-state index in [0.29, 0.717) is 0 Å². The molecule has 0 spiro atoms. The predicted octanol–water partition coefficient (Wildman–Crippen LogP) is 3.90. The van der Waals surface area contributed by atoms with Gasteiger partial charge in [-0.05, 0) is 29.1 Å². The van der Waals surface area contributed by atoms with E-state index < -0.39 is 26.8 Å². The fourth-order valence-electron chi connectivity index (χ4n) is 1.57. The Balaban J connectivity index is 2.18. The molecule has 0 aliphatic carbocycles. The number of sulfonamides is 1. The van der Waals surface area contributed by atoms with Gasteiger partial charge in [0.1, 0.15) is 4.21 Å². The van der Waals surface area contributed by atoms with E-state index in [0.717, 1.165) is 23.5 Å². The van der Waals surface area contributed by atoms with Crippen LogP contribution in [0.2, 0.25) is 5.02 Å². The van der Waals surface area contributed by atoms with Crippen LogP contribution in [0.1, 0.15) is 11.1 Å².